The van der Waals surface area contributed by atoms with E-state index in [4.69, 9.17) is 14.2 Å². The van der Waals surface area contributed by atoms with E-state index in [-0.39, 0.29) is 31.6 Å². The molecule has 0 heterocycles. The topological polar surface area (TPSA) is 78.9 Å². The van der Waals surface area contributed by atoms with Gasteiger partial charge in [-0.1, -0.05) is 259 Å². The van der Waals surface area contributed by atoms with Gasteiger partial charge in [0, 0.05) is 19.3 Å². The van der Waals surface area contributed by atoms with E-state index in [0.717, 1.165) is 89.9 Å². The summed E-state index contributed by atoms with van der Waals surface area (Å²) < 4.78 is 16.8. The van der Waals surface area contributed by atoms with Crippen LogP contribution in [0.1, 0.15) is 290 Å². The molecule has 1 atom stereocenters. The molecule has 0 aliphatic carbocycles. The van der Waals surface area contributed by atoms with Gasteiger partial charge >= 0.3 is 17.9 Å². The van der Waals surface area contributed by atoms with E-state index >= 15 is 0 Å². The van der Waals surface area contributed by atoms with Crippen LogP contribution in [0.3, 0.4) is 0 Å². The van der Waals surface area contributed by atoms with Gasteiger partial charge in [-0.2, -0.15) is 0 Å². The Labute approximate surface area is 451 Å². The van der Waals surface area contributed by atoms with E-state index in [0.29, 0.717) is 19.3 Å². The summed E-state index contributed by atoms with van der Waals surface area (Å²) in [4.78, 5) is 38.1. The van der Waals surface area contributed by atoms with Crippen LogP contribution in [-0.4, -0.2) is 37.2 Å². The van der Waals surface area contributed by atoms with E-state index in [1.807, 2.05) is 12.2 Å². The summed E-state index contributed by atoms with van der Waals surface area (Å²) in [7, 11) is 0. The van der Waals surface area contributed by atoms with E-state index in [9.17, 15) is 14.4 Å². The third-order valence-electron chi connectivity index (χ3n) is 13.1. The number of carbonyl (C=O) groups is 3. The summed E-state index contributed by atoms with van der Waals surface area (Å²) >= 11 is 0. The maximum Gasteiger partial charge on any atom is 0.306 e. The first-order valence-corrected chi connectivity index (χ1v) is 30.7. The van der Waals surface area contributed by atoms with Gasteiger partial charge in [0.05, 0.1) is 0 Å². The van der Waals surface area contributed by atoms with Crippen LogP contribution in [-0.2, 0) is 28.6 Å². The zero-order valence-electron chi connectivity index (χ0n) is 47.9. The van der Waals surface area contributed by atoms with Crippen molar-refractivity contribution in [2.24, 2.45) is 0 Å². The van der Waals surface area contributed by atoms with Crippen LogP contribution in [0.4, 0.5) is 0 Å². The molecule has 0 fully saturated rings. The Morgan fingerprint density at radius 3 is 0.918 bits per heavy atom. The third kappa shape index (κ3) is 59.1. The van der Waals surface area contributed by atoms with Crippen LogP contribution < -0.4 is 0 Å². The highest BCUT2D eigenvalue weighted by molar-refractivity contribution is 5.71. The van der Waals surface area contributed by atoms with Gasteiger partial charge in [-0.15, -0.1) is 0 Å². The predicted molar refractivity (Wildman–Crippen MR) is 316 cm³/mol. The number of esters is 3. The van der Waals surface area contributed by atoms with E-state index < -0.39 is 12.1 Å². The van der Waals surface area contributed by atoms with Crippen molar-refractivity contribution in [3.63, 3.8) is 0 Å². The Hall–Kier alpha value is -3.67. The van der Waals surface area contributed by atoms with E-state index in [1.54, 1.807) is 0 Å². The van der Waals surface area contributed by atoms with Crippen molar-refractivity contribution in [3.05, 3.63) is 97.2 Å². The van der Waals surface area contributed by atoms with Crippen LogP contribution in [0.2, 0.25) is 0 Å². The SMILES string of the molecule is CC/C=C\C/C=C\C/C=C\C/C=C\CCC(=O)OC(COC(=O)CCCCCCC/C=C\CCCCCC)COC(=O)CCCCCCCCCCCCCCCC/C=C\C/C=C\C/C=C\CCCCCCC. The molecule has 418 valence electrons. The van der Waals surface area contributed by atoms with Crippen molar-refractivity contribution in [1.82, 2.24) is 0 Å². The number of allylic oxidation sites excluding steroid dienone is 16. The first-order valence-electron chi connectivity index (χ1n) is 30.7. The van der Waals surface area contributed by atoms with Crippen LogP contribution in [0, 0.1) is 0 Å². The van der Waals surface area contributed by atoms with Gasteiger partial charge in [0.25, 0.3) is 0 Å². The Balaban J connectivity index is 4.24. The standard InChI is InChI=1S/C67H114O6/c1-4-7-10-13-16-19-22-25-26-27-28-29-30-31-32-33-34-35-36-37-38-39-40-43-45-48-51-54-57-60-66(69)72-63-64(73-67(70)61-58-55-52-49-46-42-24-21-18-15-12-9-6-3)62-71-65(68)59-56-53-50-47-44-41-23-20-17-14-11-8-5-2/h9,12,18,20-23,25,27-28,30-31,42,46,52,55,64H,4-8,10-11,13-17,19,24,26,29,32-41,43-45,47-51,53-54,56-63H2,1-3H3/b12-9-,21-18-,23-20-,25-22-,28-27-,31-30-,46-42-,55-52-. The lowest BCUT2D eigenvalue weighted by molar-refractivity contribution is -0.166. The normalized spacial score (nSPS) is 12.8. The van der Waals surface area contributed by atoms with Gasteiger partial charge in [-0.3, -0.25) is 14.4 Å². The van der Waals surface area contributed by atoms with E-state index in [1.165, 1.54) is 154 Å². The molecule has 1 unspecified atom stereocenters. The zero-order chi connectivity index (χ0) is 52.9. The molecule has 0 spiro atoms. The number of rotatable bonds is 55. The number of hydrogen-bond donors (Lipinski definition) is 0. The minimum absolute atomic E-state index is 0.108. The van der Waals surface area contributed by atoms with Crippen molar-refractivity contribution in [3.8, 4) is 0 Å². The molecular formula is C67H114O6. The third-order valence-corrected chi connectivity index (χ3v) is 13.1. The second kappa shape index (κ2) is 60.9. The van der Waals surface area contributed by atoms with E-state index in [2.05, 4.69) is 106 Å². The summed E-state index contributed by atoms with van der Waals surface area (Å²) in [5.41, 5.74) is 0. The predicted octanol–water partition coefficient (Wildman–Crippen LogP) is 20.9. The highest BCUT2D eigenvalue weighted by Crippen LogP contribution is 2.16. The highest BCUT2D eigenvalue weighted by atomic mass is 16.6. The summed E-state index contributed by atoms with van der Waals surface area (Å²) in [5.74, 6) is -0.996. The molecule has 0 bridgehead atoms. The molecule has 0 saturated heterocycles. The Kier molecular flexibility index (Phi) is 57.8. The molecule has 0 amide bonds. The lowest BCUT2D eigenvalue weighted by Gasteiger charge is -2.18. The van der Waals surface area contributed by atoms with Crippen molar-refractivity contribution < 1.29 is 28.6 Å². The van der Waals surface area contributed by atoms with Gasteiger partial charge in [0.1, 0.15) is 13.2 Å². The fourth-order valence-corrected chi connectivity index (χ4v) is 8.46. The number of carbonyl (C=O) groups excluding carboxylic acids is 3. The van der Waals surface area contributed by atoms with Gasteiger partial charge in [-0.25, -0.2) is 0 Å². The first kappa shape index (κ1) is 69.3. The summed E-state index contributed by atoms with van der Waals surface area (Å²) in [6.45, 7) is 6.44. The smallest absolute Gasteiger partial charge is 0.306 e. The molecule has 73 heavy (non-hydrogen) atoms. The van der Waals surface area contributed by atoms with Crippen LogP contribution in [0.15, 0.2) is 97.2 Å². The Bertz CT molecular complexity index is 1440. The molecule has 6 heteroatoms. The molecule has 0 aromatic rings. The highest BCUT2D eigenvalue weighted by Gasteiger charge is 2.19. The first-order chi connectivity index (χ1) is 36.0. The molecule has 0 aliphatic rings. The number of hydrogen-bond acceptors (Lipinski definition) is 6. The maximum atomic E-state index is 12.8. The largest absolute Gasteiger partial charge is 0.462 e. The van der Waals surface area contributed by atoms with Gasteiger partial charge in [-0.05, 0) is 109 Å². The monoisotopic (exact) mass is 1010 g/mol. The van der Waals surface area contributed by atoms with Crippen molar-refractivity contribution in [2.45, 2.75) is 297 Å². The lowest BCUT2D eigenvalue weighted by Crippen LogP contribution is -2.30. The molecule has 0 aliphatic heterocycles. The minimum atomic E-state index is -0.819. The molecular weight excluding hydrogens is 901 g/mol. The van der Waals surface area contributed by atoms with Gasteiger partial charge in [0.2, 0.25) is 0 Å². The van der Waals surface area contributed by atoms with Gasteiger partial charge < -0.3 is 14.2 Å². The van der Waals surface area contributed by atoms with Crippen molar-refractivity contribution in [1.29, 1.82) is 0 Å². The number of ether oxygens (including phenoxy) is 3. The molecule has 6 nitrogen and oxygen atoms in total. The average Bonchev–Trinajstić information content (AvgIpc) is 3.39. The zero-order valence-corrected chi connectivity index (χ0v) is 47.9. The molecule has 0 radical (unpaired) electrons. The van der Waals surface area contributed by atoms with Crippen LogP contribution >= 0.6 is 0 Å². The number of unbranched alkanes of at least 4 members (excludes halogenated alkanes) is 28. The van der Waals surface area contributed by atoms with Gasteiger partial charge in [0.15, 0.2) is 6.10 Å². The van der Waals surface area contributed by atoms with Crippen molar-refractivity contribution in [2.75, 3.05) is 13.2 Å². The molecule has 0 rings (SSSR count). The molecule has 0 N–H and O–H groups in total. The minimum Gasteiger partial charge on any atom is -0.462 e. The average molecular weight is 1020 g/mol. The second-order valence-electron chi connectivity index (χ2n) is 20.2. The summed E-state index contributed by atoms with van der Waals surface area (Å²) in [6, 6.07) is 0. The quantitative estimate of drug-likeness (QED) is 0.0261. The maximum absolute atomic E-state index is 12.8. The van der Waals surface area contributed by atoms with Crippen molar-refractivity contribution >= 4 is 17.9 Å². The second-order valence-corrected chi connectivity index (χ2v) is 20.2. The summed E-state index contributed by atoms with van der Waals surface area (Å²) in [6.07, 6.45) is 81.5. The lowest BCUT2D eigenvalue weighted by atomic mass is 10.0. The fraction of sp³-hybridized carbons (Fsp3) is 0.716. The van der Waals surface area contributed by atoms with Crippen LogP contribution in [0.5, 0.6) is 0 Å². The Morgan fingerprint density at radius 2 is 0.562 bits per heavy atom. The molecule has 0 saturated carbocycles. The Morgan fingerprint density at radius 1 is 0.288 bits per heavy atom. The fourth-order valence-electron chi connectivity index (χ4n) is 8.46. The van der Waals surface area contributed by atoms with Crippen LogP contribution in [0.25, 0.3) is 0 Å². The summed E-state index contributed by atoms with van der Waals surface area (Å²) in [5, 5.41) is 0. The molecule has 0 aromatic carbocycles. The molecule has 0 aromatic heterocycles.